The first-order valence-electron chi connectivity index (χ1n) is 8.19. The Bertz CT molecular complexity index is 1330. The lowest BCUT2D eigenvalue weighted by molar-refractivity contribution is 0.485. The Kier molecular flexibility index (Phi) is 4.58. The van der Waals surface area contributed by atoms with Gasteiger partial charge in [0.25, 0.3) is 10.0 Å². The third kappa shape index (κ3) is 3.60. The Labute approximate surface area is 165 Å². The Balaban J connectivity index is 1.68. The van der Waals surface area contributed by atoms with Crippen LogP contribution in [0.2, 0.25) is 5.02 Å². The lowest BCUT2D eigenvalue weighted by atomic mass is 10.3. The second-order valence-corrected chi connectivity index (χ2v) is 8.01. The molecule has 28 heavy (non-hydrogen) atoms. The zero-order valence-electron chi connectivity index (χ0n) is 14.3. The molecule has 9 heteroatoms. The van der Waals surface area contributed by atoms with Crippen LogP contribution in [0.25, 0.3) is 11.0 Å². The number of aromatic nitrogens is 2. The fraction of sp³-hybridized carbons (Fsp3) is 0. The molecule has 7 nitrogen and oxygen atoms in total. The summed E-state index contributed by atoms with van der Waals surface area (Å²) in [6.45, 7) is 0. The molecule has 0 aliphatic rings. The van der Waals surface area contributed by atoms with Crippen molar-refractivity contribution in [3.63, 3.8) is 0 Å². The molecule has 0 atom stereocenters. The van der Waals surface area contributed by atoms with Crippen LogP contribution in [0.4, 0.5) is 5.69 Å². The quantitative estimate of drug-likeness (QED) is 0.456. The van der Waals surface area contributed by atoms with Gasteiger partial charge in [-0.15, -0.1) is 0 Å². The maximum atomic E-state index is 12.8. The van der Waals surface area contributed by atoms with E-state index in [4.69, 9.17) is 16.3 Å². The molecule has 1 aromatic heterocycles. The number of halogens is 1. The number of hydrogen-bond donors (Lipinski definition) is 3. The van der Waals surface area contributed by atoms with Crippen LogP contribution in [0.3, 0.4) is 0 Å². The number of para-hydroxylation sites is 3. The van der Waals surface area contributed by atoms with Gasteiger partial charge in [0, 0.05) is 0 Å². The smallest absolute Gasteiger partial charge is 0.323 e. The topological polar surface area (TPSA) is 104 Å². The van der Waals surface area contributed by atoms with E-state index in [0.717, 1.165) is 0 Å². The van der Waals surface area contributed by atoms with Crippen molar-refractivity contribution < 1.29 is 13.2 Å². The second-order valence-electron chi connectivity index (χ2n) is 5.92. The van der Waals surface area contributed by atoms with Crippen molar-refractivity contribution in [2.24, 2.45) is 0 Å². The van der Waals surface area contributed by atoms with Crippen molar-refractivity contribution in [2.75, 3.05) is 4.72 Å². The normalized spacial score (nSPS) is 11.5. The Hall–Kier alpha value is -3.23. The highest BCUT2D eigenvalue weighted by Gasteiger charge is 2.18. The minimum Gasteiger partial charge on any atom is -0.454 e. The zero-order chi connectivity index (χ0) is 19.7. The van der Waals surface area contributed by atoms with Crippen molar-refractivity contribution in [3.05, 3.63) is 82.2 Å². The SMILES string of the molecule is O=c1[nH]c2ccc(S(=O)(=O)Nc3ccccc3Oc3ccccc3Cl)cc2[nH]1. The zero-order valence-corrected chi connectivity index (χ0v) is 15.8. The van der Waals surface area contributed by atoms with Gasteiger partial charge in [-0.1, -0.05) is 35.9 Å². The first-order valence-corrected chi connectivity index (χ1v) is 10.0. The van der Waals surface area contributed by atoms with E-state index in [1.54, 1.807) is 48.5 Å². The monoisotopic (exact) mass is 415 g/mol. The van der Waals surface area contributed by atoms with Gasteiger partial charge in [0.2, 0.25) is 0 Å². The number of anilines is 1. The van der Waals surface area contributed by atoms with Gasteiger partial charge in [0.1, 0.15) is 5.75 Å². The molecule has 0 saturated heterocycles. The number of ether oxygens (including phenoxy) is 1. The molecule has 1 heterocycles. The van der Waals surface area contributed by atoms with Crippen LogP contribution >= 0.6 is 11.6 Å². The van der Waals surface area contributed by atoms with Gasteiger partial charge in [-0.05, 0) is 42.5 Å². The molecule has 142 valence electrons. The van der Waals surface area contributed by atoms with Gasteiger partial charge < -0.3 is 14.7 Å². The summed E-state index contributed by atoms with van der Waals surface area (Å²) < 4.78 is 34.0. The van der Waals surface area contributed by atoms with E-state index in [1.165, 1.54) is 18.2 Å². The molecule has 0 spiro atoms. The molecule has 4 rings (SSSR count). The van der Waals surface area contributed by atoms with E-state index in [0.29, 0.717) is 27.6 Å². The minimum absolute atomic E-state index is 0.00259. The van der Waals surface area contributed by atoms with Crippen LogP contribution in [0.1, 0.15) is 0 Å². The van der Waals surface area contributed by atoms with Crippen molar-refractivity contribution in [1.29, 1.82) is 0 Å². The fourth-order valence-electron chi connectivity index (χ4n) is 2.67. The maximum Gasteiger partial charge on any atom is 0.323 e. The Morgan fingerprint density at radius 2 is 1.54 bits per heavy atom. The van der Waals surface area contributed by atoms with Gasteiger partial charge in [-0.2, -0.15) is 0 Å². The van der Waals surface area contributed by atoms with E-state index in [1.807, 2.05) is 0 Å². The lowest BCUT2D eigenvalue weighted by Gasteiger charge is -2.14. The number of fused-ring (bicyclic) bond motifs is 1. The summed E-state index contributed by atoms with van der Waals surface area (Å²) in [5.41, 5.74) is 0.765. The van der Waals surface area contributed by atoms with Gasteiger partial charge >= 0.3 is 5.69 Å². The predicted octanol–water partition coefficient (Wildman–Crippen LogP) is 4.10. The molecule has 0 radical (unpaired) electrons. The van der Waals surface area contributed by atoms with Crippen molar-refractivity contribution in [1.82, 2.24) is 9.97 Å². The first-order chi connectivity index (χ1) is 13.4. The first kappa shape index (κ1) is 18.1. The Morgan fingerprint density at radius 1 is 0.857 bits per heavy atom. The summed E-state index contributed by atoms with van der Waals surface area (Å²) in [6.07, 6.45) is 0. The van der Waals surface area contributed by atoms with E-state index in [2.05, 4.69) is 14.7 Å². The minimum atomic E-state index is -3.92. The van der Waals surface area contributed by atoms with Crippen LogP contribution in [-0.4, -0.2) is 18.4 Å². The third-order valence-corrected chi connectivity index (χ3v) is 5.66. The number of aromatic amines is 2. The van der Waals surface area contributed by atoms with Crippen molar-refractivity contribution in [3.8, 4) is 11.5 Å². The van der Waals surface area contributed by atoms with E-state index in [-0.39, 0.29) is 10.6 Å². The molecule has 0 aliphatic heterocycles. The van der Waals surface area contributed by atoms with E-state index >= 15 is 0 Å². The van der Waals surface area contributed by atoms with Crippen LogP contribution in [0.5, 0.6) is 11.5 Å². The van der Waals surface area contributed by atoms with Gasteiger partial charge in [0.05, 0.1) is 26.6 Å². The highest BCUT2D eigenvalue weighted by Crippen LogP contribution is 2.34. The van der Waals surface area contributed by atoms with Crippen molar-refractivity contribution >= 4 is 38.3 Å². The molecule has 0 aliphatic carbocycles. The van der Waals surface area contributed by atoms with Crippen LogP contribution < -0.4 is 15.1 Å². The van der Waals surface area contributed by atoms with Crippen LogP contribution in [-0.2, 0) is 10.0 Å². The summed E-state index contributed by atoms with van der Waals surface area (Å²) in [5.74, 6) is 0.706. The van der Waals surface area contributed by atoms with Gasteiger partial charge in [-0.3, -0.25) is 4.72 Å². The highest BCUT2D eigenvalue weighted by molar-refractivity contribution is 7.92. The maximum absolute atomic E-state index is 12.8. The summed E-state index contributed by atoms with van der Waals surface area (Å²) in [5, 5.41) is 0.405. The molecule has 0 saturated carbocycles. The van der Waals surface area contributed by atoms with Crippen LogP contribution in [0, 0.1) is 0 Å². The number of nitrogens with one attached hydrogen (secondary N) is 3. The number of imidazole rings is 1. The van der Waals surface area contributed by atoms with Crippen molar-refractivity contribution in [2.45, 2.75) is 4.90 Å². The second kappa shape index (κ2) is 7.06. The standard InChI is InChI=1S/C19H14ClN3O4S/c20-13-5-1-3-7-17(13)27-18-8-4-2-6-15(18)23-28(25,26)12-9-10-14-16(11-12)22-19(24)21-14/h1-11,23H,(H2,21,22,24). The number of sulfonamides is 1. The molecular formula is C19H14ClN3O4S. The molecule has 0 fully saturated rings. The molecule has 3 aromatic carbocycles. The lowest BCUT2D eigenvalue weighted by Crippen LogP contribution is -2.13. The predicted molar refractivity (Wildman–Crippen MR) is 108 cm³/mol. The molecular weight excluding hydrogens is 402 g/mol. The van der Waals surface area contributed by atoms with E-state index in [9.17, 15) is 13.2 Å². The number of hydrogen-bond acceptors (Lipinski definition) is 4. The average Bonchev–Trinajstić information content (AvgIpc) is 3.04. The summed E-state index contributed by atoms with van der Waals surface area (Å²) >= 11 is 6.12. The largest absolute Gasteiger partial charge is 0.454 e. The average molecular weight is 416 g/mol. The number of rotatable bonds is 5. The molecule has 4 aromatic rings. The van der Waals surface area contributed by atoms with E-state index < -0.39 is 15.7 Å². The molecule has 0 unspecified atom stereocenters. The summed E-state index contributed by atoms with van der Waals surface area (Å²) in [4.78, 5) is 16.5. The number of H-pyrrole nitrogens is 2. The van der Waals surface area contributed by atoms with Gasteiger partial charge in [0.15, 0.2) is 5.75 Å². The third-order valence-electron chi connectivity index (χ3n) is 3.99. The fourth-order valence-corrected chi connectivity index (χ4v) is 3.94. The molecule has 3 N–H and O–H groups in total. The molecule has 0 bridgehead atoms. The number of benzene rings is 3. The summed E-state index contributed by atoms with van der Waals surface area (Å²) in [6, 6.07) is 17.8. The highest BCUT2D eigenvalue weighted by atomic mass is 35.5. The van der Waals surface area contributed by atoms with Gasteiger partial charge in [-0.25, -0.2) is 13.2 Å². The van der Waals surface area contributed by atoms with Crippen LogP contribution in [0.15, 0.2) is 76.4 Å². The summed E-state index contributed by atoms with van der Waals surface area (Å²) in [7, 11) is -3.92. The Morgan fingerprint density at radius 3 is 2.32 bits per heavy atom. The molecule has 0 amide bonds.